The van der Waals surface area contributed by atoms with Gasteiger partial charge in [-0.1, -0.05) is 23.4 Å². The van der Waals surface area contributed by atoms with Gasteiger partial charge in [0.15, 0.2) is 0 Å². The quantitative estimate of drug-likeness (QED) is 0.416. The molecular weight excluding hydrogens is 459 g/mol. The molecule has 0 amide bonds. The summed E-state index contributed by atoms with van der Waals surface area (Å²) in [5.74, 6) is 2.18. The number of aromatic nitrogens is 1. The van der Waals surface area contributed by atoms with Gasteiger partial charge in [-0.2, -0.15) is 13.2 Å². The van der Waals surface area contributed by atoms with E-state index in [9.17, 15) is 13.2 Å². The number of nitrogens with zero attached hydrogens (tertiary/aromatic N) is 3. The highest BCUT2D eigenvalue weighted by Crippen LogP contribution is 2.34. The first-order valence-corrected chi connectivity index (χ1v) is 11.6. The van der Waals surface area contributed by atoms with Crippen molar-refractivity contribution in [3.05, 3.63) is 65.4 Å². The molecular formula is C26H30F3N3O3. The van der Waals surface area contributed by atoms with Gasteiger partial charge in [-0.05, 0) is 36.7 Å². The molecule has 1 saturated heterocycles. The summed E-state index contributed by atoms with van der Waals surface area (Å²) in [7, 11) is 3.21. The second-order valence-corrected chi connectivity index (χ2v) is 8.62. The molecule has 2 heterocycles. The van der Waals surface area contributed by atoms with Crippen LogP contribution in [0.3, 0.4) is 0 Å². The van der Waals surface area contributed by atoms with Crippen LogP contribution in [0.5, 0.6) is 11.5 Å². The van der Waals surface area contributed by atoms with Gasteiger partial charge in [0.2, 0.25) is 0 Å². The second-order valence-electron chi connectivity index (χ2n) is 8.62. The molecule has 188 valence electrons. The van der Waals surface area contributed by atoms with Gasteiger partial charge in [0.25, 0.3) is 0 Å². The van der Waals surface area contributed by atoms with E-state index in [2.05, 4.69) is 15.0 Å². The topological polar surface area (TPSA) is 51.0 Å². The zero-order chi connectivity index (χ0) is 24.8. The molecule has 9 heteroatoms. The number of ether oxygens (including phenoxy) is 2. The largest absolute Gasteiger partial charge is 0.497 e. The summed E-state index contributed by atoms with van der Waals surface area (Å²) in [6, 6.07) is 13.3. The fourth-order valence-electron chi connectivity index (χ4n) is 4.39. The summed E-state index contributed by atoms with van der Waals surface area (Å²) < 4.78 is 56.0. The number of hydrogen-bond donors (Lipinski definition) is 0. The van der Waals surface area contributed by atoms with E-state index in [0.29, 0.717) is 29.3 Å². The number of rotatable bonds is 9. The molecule has 1 fully saturated rings. The lowest BCUT2D eigenvalue weighted by Gasteiger charge is -2.35. The maximum Gasteiger partial charge on any atom is 0.416 e. The van der Waals surface area contributed by atoms with Crippen molar-refractivity contribution in [1.82, 2.24) is 15.0 Å². The number of alkyl halides is 3. The average molecular weight is 490 g/mol. The predicted molar refractivity (Wildman–Crippen MR) is 127 cm³/mol. The molecule has 0 unspecified atom stereocenters. The van der Waals surface area contributed by atoms with Crippen LogP contribution in [0.2, 0.25) is 0 Å². The molecule has 0 atom stereocenters. The van der Waals surface area contributed by atoms with Gasteiger partial charge in [-0.3, -0.25) is 4.90 Å². The highest BCUT2D eigenvalue weighted by atomic mass is 19.4. The van der Waals surface area contributed by atoms with E-state index in [1.807, 2.05) is 24.3 Å². The minimum Gasteiger partial charge on any atom is -0.497 e. The van der Waals surface area contributed by atoms with Gasteiger partial charge < -0.3 is 18.9 Å². The van der Waals surface area contributed by atoms with Crippen molar-refractivity contribution in [1.29, 1.82) is 0 Å². The first-order valence-electron chi connectivity index (χ1n) is 11.6. The van der Waals surface area contributed by atoms with E-state index in [4.69, 9.17) is 14.0 Å². The van der Waals surface area contributed by atoms with Crippen molar-refractivity contribution in [2.24, 2.45) is 0 Å². The third kappa shape index (κ3) is 6.35. The van der Waals surface area contributed by atoms with E-state index in [-0.39, 0.29) is 0 Å². The molecule has 0 radical (unpaired) electrons. The third-order valence-corrected chi connectivity index (χ3v) is 6.32. The van der Waals surface area contributed by atoms with Crippen LogP contribution in [-0.4, -0.2) is 61.9 Å². The Hall–Kier alpha value is -3.04. The number of aryl methyl sites for hydroxylation is 1. The summed E-state index contributed by atoms with van der Waals surface area (Å²) in [6.45, 7) is 4.37. The average Bonchev–Trinajstić information content (AvgIpc) is 3.33. The number of halogens is 3. The van der Waals surface area contributed by atoms with Crippen LogP contribution in [0.15, 0.2) is 53.1 Å². The Morgan fingerprint density at radius 1 is 0.943 bits per heavy atom. The number of methoxy groups -OCH3 is 2. The lowest BCUT2D eigenvalue weighted by Crippen LogP contribution is -2.46. The van der Waals surface area contributed by atoms with Gasteiger partial charge >= 0.3 is 6.18 Å². The second kappa shape index (κ2) is 11.1. The van der Waals surface area contributed by atoms with Crippen molar-refractivity contribution in [2.45, 2.75) is 25.6 Å². The summed E-state index contributed by atoms with van der Waals surface area (Å²) in [5, 5.41) is 4.19. The SMILES string of the molecule is COc1ccc(-c2cc(CCCN3CCN(Cc4ccccc4C(F)(F)F)CC3)on2)c(OC)c1. The maximum atomic E-state index is 13.3. The maximum absolute atomic E-state index is 13.3. The molecule has 1 aliphatic heterocycles. The minimum absolute atomic E-state index is 0.319. The Morgan fingerprint density at radius 3 is 2.40 bits per heavy atom. The van der Waals surface area contributed by atoms with Gasteiger partial charge in [0, 0.05) is 56.8 Å². The highest BCUT2D eigenvalue weighted by molar-refractivity contribution is 5.68. The van der Waals surface area contributed by atoms with Gasteiger partial charge in [0.1, 0.15) is 23.0 Å². The predicted octanol–water partition coefficient (Wildman–Crippen LogP) is 5.13. The zero-order valence-electron chi connectivity index (χ0n) is 20.0. The van der Waals surface area contributed by atoms with E-state index >= 15 is 0 Å². The van der Waals surface area contributed by atoms with E-state index in [1.54, 1.807) is 26.4 Å². The molecule has 6 nitrogen and oxygen atoms in total. The first kappa shape index (κ1) is 25.1. The van der Waals surface area contributed by atoms with E-state index in [1.165, 1.54) is 6.07 Å². The van der Waals surface area contributed by atoms with Crippen LogP contribution in [-0.2, 0) is 19.1 Å². The number of piperazine rings is 1. The van der Waals surface area contributed by atoms with Crippen molar-refractivity contribution in [2.75, 3.05) is 46.9 Å². The summed E-state index contributed by atoms with van der Waals surface area (Å²) in [6.07, 6.45) is -2.66. The standard InChI is InChI=1S/C26H30F3N3O3/c1-33-20-9-10-22(25(17-20)34-2)24-16-21(35-30-24)7-5-11-31-12-14-32(15-13-31)18-19-6-3-4-8-23(19)26(27,28)29/h3-4,6,8-10,16-17H,5,7,11-15,18H2,1-2H3. The molecule has 0 N–H and O–H groups in total. The normalized spacial score (nSPS) is 15.3. The van der Waals surface area contributed by atoms with Crippen LogP contribution in [0.1, 0.15) is 23.3 Å². The van der Waals surface area contributed by atoms with Gasteiger partial charge in [0.05, 0.1) is 19.8 Å². The molecule has 0 spiro atoms. The van der Waals surface area contributed by atoms with E-state index in [0.717, 1.165) is 63.0 Å². The molecule has 2 aromatic carbocycles. The van der Waals surface area contributed by atoms with Crippen LogP contribution in [0.4, 0.5) is 13.2 Å². The molecule has 0 bridgehead atoms. The van der Waals surface area contributed by atoms with Gasteiger partial charge in [-0.15, -0.1) is 0 Å². The fourth-order valence-corrected chi connectivity index (χ4v) is 4.39. The van der Waals surface area contributed by atoms with Crippen LogP contribution < -0.4 is 9.47 Å². The number of hydrogen-bond acceptors (Lipinski definition) is 6. The van der Waals surface area contributed by atoms with Crippen molar-refractivity contribution >= 4 is 0 Å². The monoisotopic (exact) mass is 489 g/mol. The van der Waals surface area contributed by atoms with Crippen LogP contribution in [0.25, 0.3) is 11.3 Å². The van der Waals surface area contributed by atoms with Crippen molar-refractivity contribution in [3.8, 4) is 22.8 Å². The van der Waals surface area contributed by atoms with E-state index < -0.39 is 11.7 Å². The molecule has 0 aliphatic carbocycles. The molecule has 35 heavy (non-hydrogen) atoms. The Bertz CT molecular complexity index is 1110. The Morgan fingerprint density at radius 2 is 1.69 bits per heavy atom. The Kier molecular flexibility index (Phi) is 7.97. The molecule has 4 rings (SSSR count). The minimum atomic E-state index is -4.32. The third-order valence-electron chi connectivity index (χ3n) is 6.32. The molecule has 1 aromatic heterocycles. The van der Waals surface area contributed by atoms with Crippen LogP contribution >= 0.6 is 0 Å². The Labute approximate surface area is 203 Å². The molecule has 1 aliphatic rings. The fraction of sp³-hybridized carbons (Fsp3) is 0.423. The molecule has 0 saturated carbocycles. The summed E-state index contributed by atoms with van der Waals surface area (Å²) in [5.41, 5.74) is 1.35. The highest BCUT2D eigenvalue weighted by Gasteiger charge is 2.33. The lowest BCUT2D eigenvalue weighted by atomic mass is 10.1. The van der Waals surface area contributed by atoms with Gasteiger partial charge in [-0.25, -0.2) is 0 Å². The zero-order valence-corrected chi connectivity index (χ0v) is 20.0. The number of benzene rings is 2. The summed E-state index contributed by atoms with van der Waals surface area (Å²) >= 11 is 0. The smallest absolute Gasteiger partial charge is 0.416 e. The molecule has 3 aromatic rings. The summed E-state index contributed by atoms with van der Waals surface area (Å²) in [4.78, 5) is 4.43. The van der Waals surface area contributed by atoms with Crippen molar-refractivity contribution in [3.63, 3.8) is 0 Å². The lowest BCUT2D eigenvalue weighted by molar-refractivity contribution is -0.138. The van der Waals surface area contributed by atoms with Crippen LogP contribution in [0, 0.1) is 0 Å². The first-order chi connectivity index (χ1) is 16.9. The Balaban J connectivity index is 1.24. The van der Waals surface area contributed by atoms with Crippen molar-refractivity contribution < 1.29 is 27.2 Å².